The summed E-state index contributed by atoms with van der Waals surface area (Å²) in [7, 11) is -1.37. The first kappa shape index (κ1) is 18.3. The Hall–Kier alpha value is -1.45. The summed E-state index contributed by atoms with van der Waals surface area (Å²) in [6.07, 6.45) is 1.17. The Morgan fingerprint density at radius 2 is 1.84 bits per heavy atom. The van der Waals surface area contributed by atoms with Crippen LogP contribution in [-0.4, -0.2) is 79.9 Å². The first-order valence-electron chi connectivity index (χ1n) is 8.72. The molecule has 2 aliphatic rings. The molecule has 0 spiro atoms. The van der Waals surface area contributed by atoms with Crippen LogP contribution in [-0.2, 0) is 20.6 Å². The number of aryl methyl sites for hydroxylation is 1. The molecule has 0 aliphatic carbocycles. The molecule has 140 valence electrons. The molecule has 2 aliphatic heterocycles. The van der Waals surface area contributed by atoms with Crippen molar-refractivity contribution in [2.45, 2.75) is 25.5 Å². The molecule has 0 aromatic carbocycles. The Balaban J connectivity index is 1.53. The third kappa shape index (κ3) is 4.39. The van der Waals surface area contributed by atoms with E-state index in [0.717, 1.165) is 26.2 Å². The van der Waals surface area contributed by atoms with Crippen molar-refractivity contribution >= 4 is 15.9 Å². The molecule has 2 fully saturated rings. The fraction of sp³-hybridized carbons (Fsp3) is 0.750. The van der Waals surface area contributed by atoms with Crippen LogP contribution in [0, 0.1) is 12.8 Å². The van der Waals surface area contributed by atoms with Crippen LogP contribution in [0.1, 0.15) is 24.3 Å². The largest absolute Gasteiger partial charge is 0.361 e. The lowest BCUT2D eigenvalue weighted by Crippen LogP contribution is -2.51. The van der Waals surface area contributed by atoms with Gasteiger partial charge in [0.1, 0.15) is 17.2 Å². The van der Waals surface area contributed by atoms with Gasteiger partial charge < -0.3 is 14.3 Å². The second-order valence-electron chi connectivity index (χ2n) is 6.99. The lowest BCUT2D eigenvalue weighted by Gasteiger charge is -2.37. The number of carbonyl (C=O) groups excluding carboxylic acids is 1. The zero-order valence-electron chi connectivity index (χ0n) is 14.8. The van der Waals surface area contributed by atoms with Crippen molar-refractivity contribution in [3.8, 4) is 0 Å². The monoisotopic (exact) mass is 370 g/mol. The van der Waals surface area contributed by atoms with Gasteiger partial charge in [0, 0.05) is 51.3 Å². The number of piperazine rings is 1. The minimum Gasteiger partial charge on any atom is -0.361 e. The van der Waals surface area contributed by atoms with Gasteiger partial charge in [0.05, 0.1) is 0 Å². The summed E-state index contributed by atoms with van der Waals surface area (Å²) in [6.45, 7) is 5.84. The molecule has 0 atom stereocenters. The van der Waals surface area contributed by atoms with Crippen molar-refractivity contribution in [3.63, 3.8) is 0 Å². The number of hydrogen-bond acceptors (Lipinski definition) is 6. The Labute approximate surface area is 148 Å². The molecule has 0 N–H and O–H groups in total. The number of aromatic nitrogens is 1. The smallest absolute Gasteiger partial charge is 0.225 e. The van der Waals surface area contributed by atoms with E-state index in [4.69, 9.17) is 4.52 Å². The summed E-state index contributed by atoms with van der Waals surface area (Å²) in [5.41, 5.74) is 0.424. The second-order valence-corrected chi connectivity index (χ2v) is 8.96. The maximum Gasteiger partial charge on any atom is 0.225 e. The highest BCUT2D eigenvalue weighted by molar-refractivity contribution is 7.88. The zero-order valence-corrected chi connectivity index (χ0v) is 15.7. The fourth-order valence-corrected chi connectivity index (χ4v) is 4.89. The minimum absolute atomic E-state index is 0.0656. The minimum atomic E-state index is -3.43. The standard InChI is InChI=1S/C16H26N4O4S/c1-13-11-15(17-24-13)12-25(22,23)20-5-3-14(4-6-20)16(21)19-9-7-18(2)8-10-19/h11,14H,3-10,12H2,1-2H3. The van der Waals surface area contributed by atoms with Gasteiger partial charge >= 0.3 is 0 Å². The molecule has 0 bridgehead atoms. The number of nitrogens with zero attached hydrogens (tertiary/aromatic N) is 4. The summed E-state index contributed by atoms with van der Waals surface area (Å²) in [4.78, 5) is 16.8. The lowest BCUT2D eigenvalue weighted by molar-refractivity contribution is -0.138. The zero-order chi connectivity index (χ0) is 18.0. The predicted molar refractivity (Wildman–Crippen MR) is 92.2 cm³/mol. The average molecular weight is 370 g/mol. The van der Waals surface area contributed by atoms with E-state index < -0.39 is 10.0 Å². The molecule has 3 rings (SSSR count). The summed E-state index contributed by atoms with van der Waals surface area (Å²) in [5, 5.41) is 3.76. The topological polar surface area (TPSA) is 87.0 Å². The van der Waals surface area contributed by atoms with E-state index in [0.29, 0.717) is 37.4 Å². The summed E-state index contributed by atoms with van der Waals surface area (Å²) in [5.74, 6) is 0.560. The summed E-state index contributed by atoms with van der Waals surface area (Å²) in [6, 6.07) is 1.64. The molecule has 1 aromatic heterocycles. The van der Waals surface area contributed by atoms with Crippen LogP contribution >= 0.6 is 0 Å². The third-order valence-electron chi connectivity index (χ3n) is 5.02. The molecule has 1 amide bonds. The maximum absolute atomic E-state index is 12.6. The van der Waals surface area contributed by atoms with E-state index >= 15 is 0 Å². The highest BCUT2D eigenvalue weighted by atomic mass is 32.2. The van der Waals surface area contributed by atoms with Crippen molar-refractivity contribution in [1.82, 2.24) is 19.3 Å². The van der Waals surface area contributed by atoms with Crippen LogP contribution in [0.5, 0.6) is 0 Å². The van der Waals surface area contributed by atoms with Gasteiger partial charge in [-0.15, -0.1) is 0 Å². The highest BCUT2D eigenvalue weighted by Crippen LogP contribution is 2.23. The lowest BCUT2D eigenvalue weighted by atomic mass is 9.96. The van der Waals surface area contributed by atoms with Gasteiger partial charge in [-0.1, -0.05) is 5.16 Å². The molecule has 25 heavy (non-hydrogen) atoms. The molecular weight excluding hydrogens is 344 g/mol. The molecule has 2 saturated heterocycles. The van der Waals surface area contributed by atoms with E-state index in [1.807, 2.05) is 4.90 Å². The second kappa shape index (κ2) is 7.43. The molecule has 0 saturated carbocycles. The molecular formula is C16H26N4O4S. The van der Waals surface area contributed by atoms with E-state index in [1.54, 1.807) is 13.0 Å². The van der Waals surface area contributed by atoms with Gasteiger partial charge in [0.2, 0.25) is 15.9 Å². The maximum atomic E-state index is 12.6. The number of hydrogen-bond donors (Lipinski definition) is 0. The number of rotatable bonds is 4. The summed E-state index contributed by atoms with van der Waals surface area (Å²) < 4.78 is 31.5. The number of amides is 1. The van der Waals surface area contributed by atoms with Gasteiger partial charge in [-0.3, -0.25) is 4.79 Å². The van der Waals surface area contributed by atoms with E-state index in [9.17, 15) is 13.2 Å². The molecule has 0 unspecified atom stereocenters. The van der Waals surface area contributed by atoms with Crippen LogP contribution in [0.25, 0.3) is 0 Å². The molecule has 0 radical (unpaired) electrons. The van der Waals surface area contributed by atoms with Crippen molar-refractivity contribution in [2.24, 2.45) is 5.92 Å². The molecule has 8 nitrogen and oxygen atoms in total. The highest BCUT2D eigenvalue weighted by Gasteiger charge is 2.34. The van der Waals surface area contributed by atoms with E-state index in [-0.39, 0.29) is 17.6 Å². The number of carbonyl (C=O) groups is 1. The van der Waals surface area contributed by atoms with E-state index in [1.165, 1.54) is 4.31 Å². The van der Waals surface area contributed by atoms with Gasteiger partial charge in [-0.2, -0.15) is 0 Å². The van der Waals surface area contributed by atoms with Crippen molar-refractivity contribution < 1.29 is 17.7 Å². The van der Waals surface area contributed by atoms with Crippen LogP contribution in [0.2, 0.25) is 0 Å². The van der Waals surface area contributed by atoms with Gasteiger partial charge in [-0.25, -0.2) is 12.7 Å². The van der Waals surface area contributed by atoms with Crippen LogP contribution in [0.15, 0.2) is 10.6 Å². The van der Waals surface area contributed by atoms with E-state index in [2.05, 4.69) is 17.1 Å². The van der Waals surface area contributed by atoms with Crippen LogP contribution < -0.4 is 0 Å². The Kier molecular flexibility index (Phi) is 5.45. The normalized spacial score (nSPS) is 21.6. The van der Waals surface area contributed by atoms with Crippen LogP contribution in [0.3, 0.4) is 0 Å². The first-order chi connectivity index (χ1) is 11.8. The number of sulfonamides is 1. The Morgan fingerprint density at radius 1 is 1.20 bits per heavy atom. The average Bonchev–Trinajstić information content (AvgIpc) is 2.99. The van der Waals surface area contributed by atoms with Gasteiger partial charge in [-0.05, 0) is 26.8 Å². The number of likely N-dealkylation sites (N-methyl/N-ethyl adjacent to an activating group) is 1. The predicted octanol–water partition coefficient (Wildman–Crippen LogP) is 0.299. The quantitative estimate of drug-likeness (QED) is 0.758. The first-order valence-corrected chi connectivity index (χ1v) is 10.3. The van der Waals surface area contributed by atoms with Gasteiger partial charge in [0.25, 0.3) is 0 Å². The van der Waals surface area contributed by atoms with Crippen molar-refractivity contribution in [3.05, 3.63) is 17.5 Å². The Morgan fingerprint density at radius 3 is 2.40 bits per heavy atom. The van der Waals surface area contributed by atoms with Crippen molar-refractivity contribution in [2.75, 3.05) is 46.3 Å². The molecule has 1 aromatic rings. The van der Waals surface area contributed by atoms with Crippen molar-refractivity contribution in [1.29, 1.82) is 0 Å². The summed E-state index contributed by atoms with van der Waals surface area (Å²) >= 11 is 0. The van der Waals surface area contributed by atoms with Crippen LogP contribution in [0.4, 0.5) is 0 Å². The SMILES string of the molecule is Cc1cc(CS(=O)(=O)N2CCC(C(=O)N3CCN(C)CC3)CC2)no1. The number of piperidine rings is 1. The fourth-order valence-electron chi connectivity index (χ4n) is 3.43. The van der Waals surface area contributed by atoms with Gasteiger partial charge in [0.15, 0.2) is 0 Å². The molecule has 9 heteroatoms. The third-order valence-corrected chi connectivity index (χ3v) is 6.83. The Bertz CT molecular complexity index is 701. The molecule has 3 heterocycles.